The normalized spacial score (nSPS) is 18.8. The molecule has 0 spiro atoms. The van der Waals surface area contributed by atoms with Gasteiger partial charge in [-0.2, -0.15) is 0 Å². The lowest BCUT2D eigenvalue weighted by Crippen LogP contribution is -2.56. The van der Waals surface area contributed by atoms with E-state index in [9.17, 15) is 30.0 Å². The molecule has 0 aliphatic carbocycles. The molecule has 7 rings (SSSR count). The van der Waals surface area contributed by atoms with Crippen LogP contribution < -0.4 is 4.90 Å². The molecule has 238 valence electrons. The number of rotatable bonds is 8. The van der Waals surface area contributed by atoms with Gasteiger partial charge >= 0.3 is 5.97 Å². The first kappa shape index (κ1) is 30.3. The number of ketones is 1. The Morgan fingerprint density at radius 1 is 0.872 bits per heavy atom. The maximum Gasteiger partial charge on any atom is 0.342 e. The predicted octanol–water partition coefficient (Wildman–Crippen LogP) is 5.93. The zero-order chi connectivity index (χ0) is 33.0. The van der Waals surface area contributed by atoms with Gasteiger partial charge < -0.3 is 30.1 Å². The van der Waals surface area contributed by atoms with Crippen molar-refractivity contribution in [1.82, 2.24) is 4.98 Å². The van der Waals surface area contributed by atoms with Crippen LogP contribution in [0.1, 0.15) is 58.8 Å². The number of benzene rings is 4. The highest BCUT2D eigenvalue weighted by atomic mass is 16.6. The van der Waals surface area contributed by atoms with Crippen LogP contribution in [0.5, 0.6) is 11.5 Å². The van der Waals surface area contributed by atoms with Crippen LogP contribution in [0.15, 0.2) is 97.2 Å². The van der Waals surface area contributed by atoms with Gasteiger partial charge in [-0.1, -0.05) is 50.2 Å². The second-order valence-corrected chi connectivity index (χ2v) is 12.5. The summed E-state index contributed by atoms with van der Waals surface area (Å²) >= 11 is 0. The number of aliphatic hydroxyl groups is 2. The van der Waals surface area contributed by atoms with Crippen molar-refractivity contribution in [1.29, 1.82) is 0 Å². The molecule has 0 fully saturated rings. The molecule has 9 heteroatoms. The molecule has 47 heavy (non-hydrogen) atoms. The number of Topliss-reactive ketones (excluding diaryl/α,β-unsaturated/α-hetero) is 1. The molecule has 0 saturated heterocycles. The standard InChI is InChI=1S/C38H34N2O7/c1-21(2)18-38-36(45)34(22-7-12-25(42)13-8-22)35(23-9-14-26(43)15-10-23)40(38)31-16-11-24(17-28(31)37(46)47-38)33(32(44)20-41)29-19-39-30-6-4-3-5-27(29)30/h3-17,19,21,32-33,39,41-44H,18,20H2,1-2H3/t32-,33-,38?/m1/s1. The van der Waals surface area contributed by atoms with E-state index in [1.165, 1.54) is 24.3 Å². The van der Waals surface area contributed by atoms with Gasteiger partial charge in [0, 0.05) is 29.4 Å². The second-order valence-electron chi connectivity index (χ2n) is 12.5. The number of aromatic nitrogens is 1. The largest absolute Gasteiger partial charge is 0.508 e. The van der Waals surface area contributed by atoms with E-state index < -0.39 is 36.1 Å². The van der Waals surface area contributed by atoms with Crippen LogP contribution in [-0.4, -0.2) is 55.6 Å². The van der Waals surface area contributed by atoms with E-state index in [-0.39, 0.29) is 29.4 Å². The third-order valence-electron chi connectivity index (χ3n) is 9.02. The van der Waals surface area contributed by atoms with Gasteiger partial charge in [-0.05, 0) is 82.8 Å². The summed E-state index contributed by atoms with van der Waals surface area (Å²) in [4.78, 5) is 33.8. The summed E-state index contributed by atoms with van der Waals surface area (Å²) in [7, 11) is 0. The molecule has 5 aromatic rings. The molecular weight excluding hydrogens is 596 g/mol. The Morgan fingerprint density at radius 3 is 2.19 bits per heavy atom. The first-order valence-electron chi connectivity index (χ1n) is 15.5. The van der Waals surface area contributed by atoms with E-state index in [4.69, 9.17) is 4.74 Å². The number of aliphatic hydroxyl groups excluding tert-OH is 2. The highest BCUT2D eigenvalue weighted by Gasteiger charge is 2.60. The van der Waals surface area contributed by atoms with Crippen LogP contribution in [0.2, 0.25) is 0 Å². The topological polar surface area (TPSA) is 143 Å². The molecule has 3 atom stereocenters. The molecule has 1 aromatic heterocycles. The molecular formula is C38H34N2O7. The van der Waals surface area contributed by atoms with Crippen molar-refractivity contribution in [3.05, 3.63) is 125 Å². The van der Waals surface area contributed by atoms with E-state index in [1.54, 1.807) is 53.6 Å². The minimum atomic E-state index is -1.69. The third-order valence-corrected chi connectivity index (χ3v) is 9.02. The minimum Gasteiger partial charge on any atom is -0.508 e. The molecule has 3 heterocycles. The number of phenolic OH excluding ortho intramolecular Hbond substituents is 2. The number of hydrogen-bond acceptors (Lipinski definition) is 8. The molecule has 0 bridgehead atoms. The van der Waals surface area contributed by atoms with Crippen molar-refractivity contribution < 1.29 is 34.8 Å². The first-order chi connectivity index (χ1) is 22.6. The van der Waals surface area contributed by atoms with Crippen molar-refractivity contribution in [2.24, 2.45) is 5.92 Å². The van der Waals surface area contributed by atoms with Crippen molar-refractivity contribution in [2.45, 2.75) is 38.0 Å². The number of aromatic amines is 1. The van der Waals surface area contributed by atoms with E-state index in [0.717, 1.165) is 16.5 Å². The van der Waals surface area contributed by atoms with Gasteiger partial charge in [0.15, 0.2) is 0 Å². The number of anilines is 1. The summed E-state index contributed by atoms with van der Waals surface area (Å²) in [6.07, 6.45) is 0.825. The van der Waals surface area contributed by atoms with Gasteiger partial charge in [-0.25, -0.2) is 4.79 Å². The fraction of sp³-hybridized carbons (Fsp3) is 0.211. The fourth-order valence-corrected chi connectivity index (χ4v) is 7.05. The summed E-state index contributed by atoms with van der Waals surface area (Å²) in [6.45, 7) is 3.40. The summed E-state index contributed by atoms with van der Waals surface area (Å²) < 4.78 is 6.26. The van der Waals surface area contributed by atoms with E-state index in [2.05, 4.69) is 4.98 Å². The van der Waals surface area contributed by atoms with Crippen molar-refractivity contribution >= 4 is 39.6 Å². The summed E-state index contributed by atoms with van der Waals surface area (Å²) in [5.74, 6) is -1.72. The number of phenols is 2. The lowest BCUT2D eigenvalue weighted by atomic mass is 9.84. The quantitative estimate of drug-likeness (QED) is 0.133. The number of carbonyl (C=O) groups excluding carboxylic acids is 2. The molecule has 0 saturated carbocycles. The van der Waals surface area contributed by atoms with Crippen LogP contribution in [0, 0.1) is 5.92 Å². The van der Waals surface area contributed by atoms with Gasteiger partial charge in [-0.3, -0.25) is 9.69 Å². The fourth-order valence-electron chi connectivity index (χ4n) is 7.05. The lowest BCUT2D eigenvalue weighted by Gasteiger charge is -2.44. The number of para-hydroxylation sites is 1. The van der Waals surface area contributed by atoms with Crippen molar-refractivity contribution in [3.8, 4) is 11.5 Å². The Hall–Kier alpha value is -5.38. The second kappa shape index (κ2) is 11.5. The number of esters is 1. The van der Waals surface area contributed by atoms with Crippen LogP contribution in [-0.2, 0) is 9.53 Å². The molecule has 1 unspecified atom stereocenters. The number of carbonyl (C=O) groups is 2. The van der Waals surface area contributed by atoms with Crippen molar-refractivity contribution in [2.75, 3.05) is 11.5 Å². The predicted molar refractivity (Wildman–Crippen MR) is 178 cm³/mol. The number of fused-ring (bicyclic) bond motifs is 4. The maximum absolute atomic E-state index is 14.7. The molecule has 4 aromatic carbocycles. The molecule has 5 N–H and O–H groups in total. The van der Waals surface area contributed by atoms with E-state index in [1.807, 2.05) is 38.1 Å². The zero-order valence-electron chi connectivity index (χ0n) is 25.8. The minimum absolute atomic E-state index is 0.0414. The number of aromatic hydroxyl groups is 2. The summed E-state index contributed by atoms with van der Waals surface area (Å²) in [5, 5.41) is 42.2. The Bertz CT molecular complexity index is 2050. The average Bonchev–Trinajstić information content (AvgIpc) is 3.58. The Kier molecular flexibility index (Phi) is 7.38. The van der Waals surface area contributed by atoms with Gasteiger partial charge in [-0.15, -0.1) is 0 Å². The highest BCUT2D eigenvalue weighted by molar-refractivity contribution is 6.38. The Balaban J connectivity index is 1.46. The van der Waals surface area contributed by atoms with E-state index in [0.29, 0.717) is 33.6 Å². The highest BCUT2D eigenvalue weighted by Crippen LogP contribution is 2.53. The van der Waals surface area contributed by atoms with E-state index >= 15 is 0 Å². The van der Waals surface area contributed by atoms with Gasteiger partial charge in [0.1, 0.15) is 11.5 Å². The number of nitrogens with zero attached hydrogens (tertiary/aromatic N) is 1. The van der Waals surface area contributed by atoms with Crippen LogP contribution in [0.3, 0.4) is 0 Å². The third kappa shape index (κ3) is 4.86. The number of nitrogens with one attached hydrogen (secondary N) is 1. The van der Waals surface area contributed by atoms with Crippen LogP contribution in [0.25, 0.3) is 22.2 Å². The zero-order valence-corrected chi connectivity index (χ0v) is 25.8. The Morgan fingerprint density at radius 2 is 1.53 bits per heavy atom. The molecule has 0 radical (unpaired) electrons. The van der Waals surface area contributed by atoms with Gasteiger partial charge in [0.25, 0.3) is 5.72 Å². The monoisotopic (exact) mass is 630 g/mol. The molecule has 2 aliphatic rings. The number of ether oxygens (including phenoxy) is 1. The Labute approximate surface area is 271 Å². The average molecular weight is 631 g/mol. The lowest BCUT2D eigenvalue weighted by molar-refractivity contribution is -0.132. The van der Waals surface area contributed by atoms with Crippen LogP contribution in [0.4, 0.5) is 5.69 Å². The van der Waals surface area contributed by atoms with Gasteiger partial charge in [0.2, 0.25) is 5.78 Å². The van der Waals surface area contributed by atoms with Crippen LogP contribution >= 0.6 is 0 Å². The number of hydrogen-bond donors (Lipinski definition) is 5. The number of H-pyrrole nitrogens is 1. The smallest absolute Gasteiger partial charge is 0.342 e. The summed E-state index contributed by atoms with van der Waals surface area (Å²) in [6, 6.07) is 25.7. The van der Waals surface area contributed by atoms with Crippen molar-refractivity contribution in [3.63, 3.8) is 0 Å². The molecule has 0 amide bonds. The molecule has 2 aliphatic heterocycles. The maximum atomic E-state index is 14.7. The first-order valence-corrected chi connectivity index (χ1v) is 15.5. The SMILES string of the molecule is CC(C)CC12OC(=O)c3cc([C@H](c4c[nH]c5ccccc45)[C@H](O)CO)ccc3N1C(c1ccc(O)cc1)=C(c1ccc(O)cc1)C2=O. The summed E-state index contributed by atoms with van der Waals surface area (Å²) in [5.41, 5.74) is 3.13. The van der Waals surface area contributed by atoms with Gasteiger partial charge in [0.05, 0.1) is 35.2 Å². The molecule has 9 nitrogen and oxygen atoms in total.